The van der Waals surface area contributed by atoms with E-state index in [9.17, 15) is 4.79 Å². The van der Waals surface area contributed by atoms with Crippen molar-refractivity contribution in [2.45, 2.75) is 33.1 Å². The van der Waals surface area contributed by atoms with Crippen molar-refractivity contribution in [3.8, 4) is 0 Å². The highest BCUT2D eigenvalue weighted by atomic mass is 16.2. The normalized spacial score (nSPS) is 10.7. The van der Waals surface area contributed by atoms with Crippen molar-refractivity contribution < 1.29 is 4.79 Å². The van der Waals surface area contributed by atoms with Gasteiger partial charge in [0.25, 0.3) is 0 Å². The first-order valence-corrected chi connectivity index (χ1v) is 5.54. The van der Waals surface area contributed by atoms with Gasteiger partial charge < -0.3 is 0 Å². The summed E-state index contributed by atoms with van der Waals surface area (Å²) < 4.78 is 2.38. The van der Waals surface area contributed by atoms with Gasteiger partial charge in [0.05, 0.1) is 0 Å². The summed E-state index contributed by atoms with van der Waals surface area (Å²) in [5.41, 5.74) is 0. The van der Waals surface area contributed by atoms with Crippen LogP contribution in [-0.2, 0) is 6.42 Å². The molecule has 0 bridgehead atoms. The summed E-state index contributed by atoms with van der Waals surface area (Å²) in [6.45, 7) is 3.85. The molecule has 0 radical (unpaired) electrons. The monoisotopic (exact) mass is 234 g/mol. The molecule has 2 aromatic heterocycles. The van der Waals surface area contributed by atoms with Gasteiger partial charge in [-0.2, -0.15) is 14.5 Å². The second kappa shape index (κ2) is 4.86. The second-order valence-corrected chi connectivity index (χ2v) is 3.71. The number of aryl methyl sites for hydroxylation is 2. The maximum Gasteiger partial charge on any atom is 0.372 e. The summed E-state index contributed by atoms with van der Waals surface area (Å²) >= 11 is 0. The molecule has 2 rings (SSSR count). The molecule has 0 fully saturated rings. The Labute approximate surface area is 98.5 Å². The number of carbonyl (C=O) groups is 1. The molecule has 90 valence electrons. The minimum Gasteiger partial charge on any atom is -0.243 e. The van der Waals surface area contributed by atoms with Crippen LogP contribution in [0.3, 0.4) is 0 Å². The molecule has 0 unspecified atom stereocenters. The van der Waals surface area contributed by atoms with Gasteiger partial charge in [0.15, 0.2) is 5.82 Å². The smallest absolute Gasteiger partial charge is 0.243 e. The summed E-state index contributed by atoms with van der Waals surface area (Å²) in [6, 6.07) is -0.366. The van der Waals surface area contributed by atoms with E-state index in [-0.39, 0.29) is 6.03 Å². The quantitative estimate of drug-likeness (QED) is 0.792. The standard InChI is InChI=1S/C10H14N6O/c1-3-4-5-9-13-8(2)16(14-9)10(17)15-7-11-6-12-15/h6-7H,3-5H2,1-2H3. The van der Waals surface area contributed by atoms with Gasteiger partial charge in [0, 0.05) is 6.42 Å². The van der Waals surface area contributed by atoms with Crippen molar-refractivity contribution in [3.63, 3.8) is 0 Å². The Morgan fingerprint density at radius 3 is 2.94 bits per heavy atom. The Hall–Kier alpha value is -2.05. The highest BCUT2D eigenvalue weighted by Gasteiger charge is 2.14. The van der Waals surface area contributed by atoms with Gasteiger partial charge in [0.2, 0.25) is 0 Å². The van der Waals surface area contributed by atoms with Crippen LogP contribution >= 0.6 is 0 Å². The first-order valence-electron chi connectivity index (χ1n) is 5.54. The molecule has 0 aliphatic heterocycles. The molecule has 2 heterocycles. The molecule has 0 aromatic carbocycles. The highest BCUT2D eigenvalue weighted by molar-refractivity contribution is 5.77. The summed E-state index contributed by atoms with van der Waals surface area (Å²) in [6.07, 6.45) is 5.53. The van der Waals surface area contributed by atoms with Gasteiger partial charge in [-0.05, 0) is 13.3 Å². The van der Waals surface area contributed by atoms with E-state index in [2.05, 4.69) is 27.1 Å². The minimum absolute atomic E-state index is 0.366. The van der Waals surface area contributed by atoms with E-state index in [1.807, 2.05) is 0 Å². The summed E-state index contributed by atoms with van der Waals surface area (Å²) in [7, 11) is 0. The van der Waals surface area contributed by atoms with E-state index in [1.54, 1.807) is 6.92 Å². The fraction of sp³-hybridized carbons (Fsp3) is 0.500. The topological polar surface area (TPSA) is 78.5 Å². The maximum atomic E-state index is 11.9. The Balaban J connectivity index is 2.21. The number of rotatable bonds is 3. The lowest BCUT2D eigenvalue weighted by Gasteiger charge is -1.99. The largest absolute Gasteiger partial charge is 0.372 e. The fourth-order valence-electron chi connectivity index (χ4n) is 1.47. The fourth-order valence-corrected chi connectivity index (χ4v) is 1.47. The van der Waals surface area contributed by atoms with Crippen LogP contribution in [0.15, 0.2) is 12.7 Å². The first-order chi connectivity index (χ1) is 8.22. The van der Waals surface area contributed by atoms with E-state index in [1.165, 1.54) is 17.3 Å². The zero-order chi connectivity index (χ0) is 12.3. The van der Waals surface area contributed by atoms with Gasteiger partial charge in [0.1, 0.15) is 18.5 Å². The van der Waals surface area contributed by atoms with E-state index in [0.717, 1.165) is 23.9 Å². The van der Waals surface area contributed by atoms with Crippen molar-refractivity contribution in [2.75, 3.05) is 0 Å². The van der Waals surface area contributed by atoms with Crippen LogP contribution < -0.4 is 0 Å². The number of carbonyl (C=O) groups excluding carboxylic acids is 1. The lowest BCUT2D eigenvalue weighted by Crippen LogP contribution is -2.22. The molecule has 7 heteroatoms. The first kappa shape index (κ1) is 11.4. The summed E-state index contributed by atoms with van der Waals surface area (Å²) in [5.74, 6) is 1.26. The zero-order valence-electron chi connectivity index (χ0n) is 9.87. The number of nitrogens with zero attached hydrogens (tertiary/aromatic N) is 6. The van der Waals surface area contributed by atoms with Crippen LogP contribution in [0.2, 0.25) is 0 Å². The van der Waals surface area contributed by atoms with Gasteiger partial charge in [-0.3, -0.25) is 0 Å². The third-order valence-electron chi connectivity index (χ3n) is 2.36. The molecule has 2 aromatic rings. The zero-order valence-corrected chi connectivity index (χ0v) is 9.87. The molecule has 0 amide bonds. The predicted octanol–water partition coefficient (Wildman–Crippen LogP) is 1.04. The second-order valence-electron chi connectivity index (χ2n) is 3.71. The number of hydrogen-bond donors (Lipinski definition) is 0. The van der Waals surface area contributed by atoms with Gasteiger partial charge in [-0.25, -0.2) is 14.8 Å². The Kier molecular flexibility index (Phi) is 3.27. The lowest BCUT2D eigenvalue weighted by atomic mass is 10.2. The molecule has 17 heavy (non-hydrogen) atoms. The van der Waals surface area contributed by atoms with Crippen molar-refractivity contribution >= 4 is 6.03 Å². The van der Waals surface area contributed by atoms with E-state index in [4.69, 9.17) is 0 Å². The number of hydrogen-bond acceptors (Lipinski definition) is 5. The van der Waals surface area contributed by atoms with Crippen molar-refractivity contribution in [3.05, 3.63) is 24.3 Å². The molecular weight excluding hydrogens is 220 g/mol. The Morgan fingerprint density at radius 1 is 1.47 bits per heavy atom. The van der Waals surface area contributed by atoms with Crippen LogP contribution in [0, 0.1) is 6.92 Å². The third-order valence-corrected chi connectivity index (χ3v) is 2.36. The molecule has 0 spiro atoms. The summed E-state index contributed by atoms with van der Waals surface area (Å²) in [5, 5.41) is 7.94. The van der Waals surface area contributed by atoms with Crippen LogP contribution in [0.1, 0.15) is 31.4 Å². The van der Waals surface area contributed by atoms with Crippen molar-refractivity contribution in [1.82, 2.24) is 29.5 Å². The molecule has 0 saturated carbocycles. The van der Waals surface area contributed by atoms with E-state index >= 15 is 0 Å². The number of aromatic nitrogens is 6. The molecular formula is C10H14N6O. The van der Waals surface area contributed by atoms with E-state index in [0.29, 0.717) is 11.6 Å². The van der Waals surface area contributed by atoms with E-state index < -0.39 is 0 Å². The molecule has 0 saturated heterocycles. The predicted molar refractivity (Wildman–Crippen MR) is 59.6 cm³/mol. The van der Waals surface area contributed by atoms with Crippen LogP contribution in [0.25, 0.3) is 0 Å². The molecule has 0 aliphatic carbocycles. The van der Waals surface area contributed by atoms with Gasteiger partial charge >= 0.3 is 6.03 Å². The van der Waals surface area contributed by atoms with Crippen LogP contribution in [0.4, 0.5) is 4.79 Å². The summed E-state index contributed by atoms with van der Waals surface area (Å²) in [4.78, 5) is 19.9. The molecule has 0 aliphatic rings. The van der Waals surface area contributed by atoms with Gasteiger partial charge in [-0.1, -0.05) is 13.3 Å². The van der Waals surface area contributed by atoms with Crippen LogP contribution in [-0.4, -0.2) is 35.6 Å². The van der Waals surface area contributed by atoms with Crippen molar-refractivity contribution in [2.24, 2.45) is 0 Å². The molecule has 0 atom stereocenters. The molecule has 7 nitrogen and oxygen atoms in total. The lowest BCUT2D eigenvalue weighted by molar-refractivity contribution is 0.237. The van der Waals surface area contributed by atoms with Crippen molar-refractivity contribution in [1.29, 1.82) is 0 Å². The van der Waals surface area contributed by atoms with Gasteiger partial charge in [-0.15, -0.1) is 5.10 Å². The maximum absolute atomic E-state index is 11.9. The SMILES string of the molecule is CCCCc1nc(C)n(C(=O)n2cncn2)n1. The number of unbranched alkanes of at least 4 members (excludes halogenated alkanes) is 1. The minimum atomic E-state index is -0.366. The Bertz CT molecular complexity index is 501. The van der Waals surface area contributed by atoms with Crippen LogP contribution in [0.5, 0.6) is 0 Å². The average molecular weight is 234 g/mol. The Morgan fingerprint density at radius 2 is 2.29 bits per heavy atom. The highest BCUT2D eigenvalue weighted by Crippen LogP contribution is 2.02. The molecule has 0 N–H and O–H groups in total. The average Bonchev–Trinajstić information content (AvgIpc) is 2.94. The third kappa shape index (κ3) is 2.38.